The van der Waals surface area contributed by atoms with Gasteiger partial charge in [0.1, 0.15) is 0 Å². The molecule has 3 rings (SSSR count). The third kappa shape index (κ3) is 6.42. The Kier molecular flexibility index (Phi) is 9.92. The number of ether oxygens (including phenoxy) is 2. The number of halogens is 2. The average Bonchev–Trinajstić information content (AvgIpc) is 3.32. The molecular formula is C22H27ClIN5O3. The number of methoxy groups -OCH3 is 2. The first-order valence-electron chi connectivity index (χ1n) is 9.68. The van der Waals surface area contributed by atoms with Gasteiger partial charge < -0.3 is 25.2 Å². The van der Waals surface area contributed by atoms with Gasteiger partial charge in [0.2, 0.25) is 5.75 Å². The number of hydrogen-bond acceptors (Lipinski definition) is 5. The number of phenolic OH excluding ortho intramolecular Hbond substituents is 1. The largest absolute Gasteiger partial charge is 0.502 e. The minimum absolute atomic E-state index is 0. The first kappa shape index (κ1) is 25.6. The van der Waals surface area contributed by atoms with Crippen LogP contribution < -0.4 is 20.1 Å². The van der Waals surface area contributed by atoms with Crippen LogP contribution >= 0.6 is 35.6 Å². The first-order valence-corrected chi connectivity index (χ1v) is 10.1. The summed E-state index contributed by atoms with van der Waals surface area (Å²) >= 11 is 6.04. The van der Waals surface area contributed by atoms with Crippen LogP contribution in [0.2, 0.25) is 5.02 Å². The zero-order valence-electron chi connectivity index (χ0n) is 18.1. The van der Waals surface area contributed by atoms with E-state index in [1.165, 1.54) is 14.2 Å². The van der Waals surface area contributed by atoms with Crippen LogP contribution in [0.4, 0.5) is 0 Å². The fourth-order valence-corrected chi connectivity index (χ4v) is 3.29. The number of nitrogens with zero attached hydrogens (tertiary/aromatic N) is 3. The SMILES string of the molecule is CN=C(NCc1cc(OC)c(O)c(OC)c1)NCC(c1ccc(Cl)cc1)n1cccn1.I. The van der Waals surface area contributed by atoms with Gasteiger partial charge in [-0.3, -0.25) is 9.67 Å². The zero-order chi connectivity index (χ0) is 22.2. The Morgan fingerprint density at radius 2 is 1.81 bits per heavy atom. The van der Waals surface area contributed by atoms with E-state index in [4.69, 9.17) is 21.1 Å². The van der Waals surface area contributed by atoms with Crippen molar-refractivity contribution in [2.24, 2.45) is 4.99 Å². The highest BCUT2D eigenvalue weighted by atomic mass is 127. The number of nitrogens with one attached hydrogen (secondary N) is 2. The van der Waals surface area contributed by atoms with Crippen molar-refractivity contribution >= 4 is 41.5 Å². The summed E-state index contributed by atoms with van der Waals surface area (Å²) in [5.41, 5.74) is 1.94. The van der Waals surface area contributed by atoms with Crippen LogP contribution in [-0.4, -0.2) is 48.7 Å². The summed E-state index contributed by atoms with van der Waals surface area (Å²) in [4.78, 5) is 4.30. The third-order valence-corrected chi connectivity index (χ3v) is 5.04. The van der Waals surface area contributed by atoms with Crippen LogP contribution in [0.25, 0.3) is 0 Å². The highest BCUT2D eigenvalue weighted by molar-refractivity contribution is 14.0. The molecule has 0 saturated heterocycles. The molecule has 0 fully saturated rings. The highest BCUT2D eigenvalue weighted by Crippen LogP contribution is 2.37. The first-order chi connectivity index (χ1) is 15.0. The number of phenols is 1. The number of benzene rings is 2. The predicted molar refractivity (Wildman–Crippen MR) is 137 cm³/mol. The minimum atomic E-state index is -0.0420. The summed E-state index contributed by atoms with van der Waals surface area (Å²) in [6.07, 6.45) is 3.67. The lowest BCUT2D eigenvalue weighted by molar-refractivity contribution is 0.339. The molecule has 1 aromatic heterocycles. The summed E-state index contributed by atoms with van der Waals surface area (Å²) in [5, 5.41) is 21.8. The van der Waals surface area contributed by atoms with E-state index in [-0.39, 0.29) is 35.8 Å². The molecule has 0 bridgehead atoms. The van der Waals surface area contributed by atoms with Crippen molar-refractivity contribution in [2.45, 2.75) is 12.6 Å². The van der Waals surface area contributed by atoms with E-state index in [0.29, 0.717) is 35.6 Å². The summed E-state index contributed by atoms with van der Waals surface area (Å²) in [6.45, 7) is 1.02. The molecular weight excluding hydrogens is 545 g/mol. The molecule has 3 N–H and O–H groups in total. The average molecular weight is 572 g/mol. The lowest BCUT2D eigenvalue weighted by Crippen LogP contribution is -2.40. The van der Waals surface area contributed by atoms with E-state index in [9.17, 15) is 5.11 Å². The fourth-order valence-electron chi connectivity index (χ4n) is 3.16. The molecule has 10 heteroatoms. The second-order valence-electron chi connectivity index (χ2n) is 6.71. The highest BCUT2D eigenvalue weighted by Gasteiger charge is 2.15. The Morgan fingerprint density at radius 1 is 1.16 bits per heavy atom. The maximum atomic E-state index is 10.1. The van der Waals surface area contributed by atoms with Crippen molar-refractivity contribution < 1.29 is 14.6 Å². The van der Waals surface area contributed by atoms with E-state index in [0.717, 1.165) is 11.1 Å². The lowest BCUT2D eigenvalue weighted by atomic mass is 10.1. The van der Waals surface area contributed by atoms with Crippen molar-refractivity contribution in [2.75, 3.05) is 27.8 Å². The maximum absolute atomic E-state index is 10.1. The molecule has 0 aliphatic carbocycles. The number of aliphatic imine (C=N–C) groups is 1. The van der Waals surface area contributed by atoms with Crippen LogP contribution in [0.3, 0.4) is 0 Å². The van der Waals surface area contributed by atoms with Crippen LogP contribution in [0.1, 0.15) is 17.2 Å². The van der Waals surface area contributed by atoms with Crippen molar-refractivity contribution in [3.05, 3.63) is 71.0 Å². The molecule has 32 heavy (non-hydrogen) atoms. The Bertz CT molecular complexity index is 988. The standard InChI is InChI=1S/C22H26ClN5O3.HI/c1-24-22(25-13-15-11-19(30-2)21(29)20(12-15)31-3)26-14-18(28-10-4-9-27-28)16-5-7-17(23)8-6-16;/h4-12,18,29H,13-14H2,1-3H3,(H2,24,25,26);1H. The Hall–Kier alpha value is -2.66. The lowest BCUT2D eigenvalue weighted by Gasteiger charge is -2.21. The van der Waals surface area contributed by atoms with E-state index in [1.54, 1.807) is 25.4 Å². The second-order valence-corrected chi connectivity index (χ2v) is 7.15. The molecule has 8 nitrogen and oxygen atoms in total. The van der Waals surface area contributed by atoms with Crippen molar-refractivity contribution in [1.29, 1.82) is 0 Å². The van der Waals surface area contributed by atoms with Crippen molar-refractivity contribution in [3.8, 4) is 17.2 Å². The van der Waals surface area contributed by atoms with Gasteiger partial charge in [0.05, 0.1) is 20.3 Å². The Labute approximate surface area is 209 Å². The van der Waals surface area contributed by atoms with E-state index in [1.807, 2.05) is 41.2 Å². The number of rotatable bonds is 8. The molecule has 0 amide bonds. The number of hydrogen-bond donors (Lipinski definition) is 3. The van der Waals surface area contributed by atoms with E-state index < -0.39 is 0 Å². The van der Waals surface area contributed by atoms with Gasteiger partial charge in [0.25, 0.3) is 0 Å². The van der Waals surface area contributed by atoms with Gasteiger partial charge >= 0.3 is 0 Å². The minimum Gasteiger partial charge on any atom is -0.502 e. The third-order valence-electron chi connectivity index (χ3n) is 4.78. The molecule has 1 atom stereocenters. The smallest absolute Gasteiger partial charge is 0.200 e. The van der Waals surface area contributed by atoms with Gasteiger partial charge in [-0.05, 0) is 41.5 Å². The van der Waals surface area contributed by atoms with Crippen LogP contribution in [0, 0.1) is 0 Å². The van der Waals surface area contributed by atoms with Crippen LogP contribution in [0.5, 0.6) is 17.2 Å². The molecule has 0 spiro atoms. The van der Waals surface area contributed by atoms with Crippen LogP contribution in [0.15, 0.2) is 59.9 Å². The molecule has 172 valence electrons. The normalized spacial score (nSPS) is 11.9. The van der Waals surface area contributed by atoms with Gasteiger partial charge in [-0.15, -0.1) is 24.0 Å². The Morgan fingerprint density at radius 3 is 2.34 bits per heavy atom. The number of guanidine groups is 1. The van der Waals surface area contributed by atoms with Crippen molar-refractivity contribution in [1.82, 2.24) is 20.4 Å². The number of aromatic hydroxyl groups is 1. The predicted octanol–water partition coefficient (Wildman–Crippen LogP) is 3.83. The monoisotopic (exact) mass is 571 g/mol. The Balaban J connectivity index is 0.00000363. The van der Waals surface area contributed by atoms with E-state index in [2.05, 4.69) is 20.7 Å². The molecule has 1 unspecified atom stereocenters. The topological polar surface area (TPSA) is 92.9 Å². The van der Waals surface area contributed by atoms with Gasteiger partial charge in [-0.25, -0.2) is 0 Å². The van der Waals surface area contributed by atoms with Gasteiger partial charge in [0, 0.05) is 37.6 Å². The molecule has 2 aromatic carbocycles. The molecule has 0 saturated carbocycles. The fraction of sp³-hybridized carbons (Fsp3) is 0.273. The second kappa shape index (κ2) is 12.4. The van der Waals surface area contributed by atoms with Gasteiger partial charge in [0.15, 0.2) is 17.5 Å². The molecule has 0 radical (unpaired) electrons. The quantitative estimate of drug-likeness (QED) is 0.216. The summed E-state index contributed by atoms with van der Waals surface area (Å²) < 4.78 is 12.3. The summed E-state index contributed by atoms with van der Waals surface area (Å²) in [7, 11) is 4.70. The molecule has 0 aliphatic rings. The molecule has 3 aromatic rings. The number of aromatic nitrogens is 2. The van der Waals surface area contributed by atoms with Gasteiger partial charge in [-0.1, -0.05) is 23.7 Å². The van der Waals surface area contributed by atoms with E-state index >= 15 is 0 Å². The summed E-state index contributed by atoms with van der Waals surface area (Å²) in [6, 6.07) is 13.1. The van der Waals surface area contributed by atoms with Gasteiger partial charge in [-0.2, -0.15) is 5.10 Å². The molecule has 1 heterocycles. The molecule has 0 aliphatic heterocycles. The van der Waals surface area contributed by atoms with Crippen molar-refractivity contribution in [3.63, 3.8) is 0 Å². The summed E-state index contributed by atoms with van der Waals surface area (Å²) in [5.74, 6) is 1.29. The van der Waals surface area contributed by atoms with Crippen LogP contribution in [-0.2, 0) is 6.54 Å². The zero-order valence-corrected chi connectivity index (χ0v) is 21.2. The maximum Gasteiger partial charge on any atom is 0.200 e.